The van der Waals surface area contributed by atoms with E-state index in [0.29, 0.717) is 5.69 Å². The number of rotatable bonds is 2. The van der Waals surface area contributed by atoms with Crippen LogP contribution >= 0.6 is 11.6 Å². The number of nitrogens with zero attached hydrogens (tertiary/aromatic N) is 3. The van der Waals surface area contributed by atoms with Crippen molar-refractivity contribution in [2.45, 2.75) is 6.92 Å². The molecule has 2 rings (SSSR count). The van der Waals surface area contributed by atoms with Crippen molar-refractivity contribution < 1.29 is 9.31 Å². The fraction of sp³-hybridized carbons (Fsp3) is 0.100. The number of nitro benzene ring substituents is 1. The van der Waals surface area contributed by atoms with Crippen molar-refractivity contribution in [3.05, 3.63) is 51.0 Å². The van der Waals surface area contributed by atoms with E-state index in [0.717, 1.165) is 6.07 Å². The molecule has 88 valence electrons. The normalized spacial score (nSPS) is 10.5. The van der Waals surface area contributed by atoms with Crippen LogP contribution in [-0.4, -0.2) is 14.7 Å². The molecule has 0 aliphatic heterocycles. The zero-order valence-electron chi connectivity index (χ0n) is 8.72. The second kappa shape index (κ2) is 4.14. The molecule has 0 saturated heterocycles. The number of hydrogen-bond acceptors (Lipinski definition) is 3. The standard InChI is InChI=1S/C10H7ClFN3O2/c1-6-2-3-14(13-6)9-4-7(11)8(12)5-10(9)15(16)17/h2-5H,1H3. The SMILES string of the molecule is Cc1ccn(-c2cc(Cl)c(F)cc2[N+](=O)[O-])n1. The quantitative estimate of drug-likeness (QED) is 0.612. The lowest BCUT2D eigenvalue weighted by Crippen LogP contribution is -2.02. The first-order valence-corrected chi connectivity index (χ1v) is 5.03. The molecule has 5 nitrogen and oxygen atoms in total. The maximum absolute atomic E-state index is 13.2. The van der Waals surface area contributed by atoms with Crippen LogP contribution in [-0.2, 0) is 0 Å². The lowest BCUT2D eigenvalue weighted by Gasteiger charge is -2.04. The van der Waals surface area contributed by atoms with Crippen molar-refractivity contribution >= 4 is 17.3 Å². The minimum Gasteiger partial charge on any atom is -0.258 e. The van der Waals surface area contributed by atoms with Crippen molar-refractivity contribution in [2.75, 3.05) is 0 Å². The molecular weight excluding hydrogens is 249 g/mol. The van der Waals surface area contributed by atoms with E-state index >= 15 is 0 Å². The summed E-state index contributed by atoms with van der Waals surface area (Å²) in [4.78, 5) is 10.1. The average molecular weight is 256 g/mol. The Hall–Kier alpha value is -1.95. The minimum absolute atomic E-state index is 0.134. The molecule has 1 aromatic carbocycles. The largest absolute Gasteiger partial charge is 0.297 e. The van der Waals surface area contributed by atoms with Crippen LogP contribution < -0.4 is 0 Å². The fourth-order valence-electron chi connectivity index (χ4n) is 1.40. The monoisotopic (exact) mass is 255 g/mol. The molecular formula is C10H7ClFN3O2. The van der Waals surface area contributed by atoms with Gasteiger partial charge in [-0.05, 0) is 19.1 Å². The van der Waals surface area contributed by atoms with Crippen LogP contribution in [0.4, 0.5) is 10.1 Å². The van der Waals surface area contributed by atoms with Crippen LogP contribution in [0, 0.1) is 22.9 Å². The van der Waals surface area contributed by atoms with E-state index in [4.69, 9.17) is 11.6 Å². The van der Waals surface area contributed by atoms with Crippen LogP contribution in [0.3, 0.4) is 0 Å². The summed E-state index contributed by atoms with van der Waals surface area (Å²) in [7, 11) is 0. The van der Waals surface area contributed by atoms with Crippen molar-refractivity contribution in [1.82, 2.24) is 9.78 Å². The minimum atomic E-state index is -0.828. The van der Waals surface area contributed by atoms with Crippen LogP contribution in [0.25, 0.3) is 5.69 Å². The summed E-state index contributed by atoms with van der Waals surface area (Å²) in [6.45, 7) is 1.74. The summed E-state index contributed by atoms with van der Waals surface area (Å²) in [6.07, 6.45) is 1.55. The van der Waals surface area contributed by atoms with E-state index in [9.17, 15) is 14.5 Å². The lowest BCUT2D eigenvalue weighted by molar-refractivity contribution is -0.384. The Morgan fingerprint density at radius 1 is 1.53 bits per heavy atom. The zero-order chi connectivity index (χ0) is 12.6. The molecule has 0 amide bonds. The summed E-state index contributed by atoms with van der Waals surface area (Å²) < 4.78 is 14.5. The first-order valence-electron chi connectivity index (χ1n) is 4.65. The van der Waals surface area contributed by atoms with E-state index in [2.05, 4.69) is 5.10 Å². The van der Waals surface area contributed by atoms with E-state index in [1.165, 1.54) is 10.7 Å². The highest BCUT2D eigenvalue weighted by Gasteiger charge is 2.19. The number of aryl methyl sites for hydroxylation is 1. The Morgan fingerprint density at radius 2 is 2.24 bits per heavy atom. The summed E-state index contributed by atoms with van der Waals surface area (Å²) in [6, 6.07) is 3.65. The van der Waals surface area contributed by atoms with Crippen molar-refractivity contribution in [2.24, 2.45) is 0 Å². The van der Waals surface area contributed by atoms with Gasteiger partial charge >= 0.3 is 0 Å². The van der Waals surface area contributed by atoms with Crippen molar-refractivity contribution in [1.29, 1.82) is 0 Å². The van der Waals surface area contributed by atoms with Crippen LogP contribution in [0.1, 0.15) is 5.69 Å². The number of hydrogen-bond donors (Lipinski definition) is 0. The molecule has 0 saturated carbocycles. The van der Waals surface area contributed by atoms with Gasteiger partial charge in [-0.3, -0.25) is 10.1 Å². The molecule has 0 atom stereocenters. The van der Waals surface area contributed by atoms with Gasteiger partial charge in [0.1, 0.15) is 11.5 Å². The predicted octanol–water partition coefficient (Wildman–Crippen LogP) is 2.88. The molecule has 17 heavy (non-hydrogen) atoms. The number of nitro groups is 1. The molecule has 0 fully saturated rings. The first kappa shape index (κ1) is 11.5. The van der Waals surface area contributed by atoms with Gasteiger partial charge in [0.2, 0.25) is 0 Å². The van der Waals surface area contributed by atoms with Gasteiger partial charge in [0, 0.05) is 6.20 Å². The molecule has 1 aromatic heterocycles. The third-order valence-electron chi connectivity index (χ3n) is 2.18. The van der Waals surface area contributed by atoms with Gasteiger partial charge in [-0.2, -0.15) is 5.10 Å². The second-order valence-electron chi connectivity index (χ2n) is 3.41. The molecule has 1 heterocycles. The molecule has 0 N–H and O–H groups in total. The Morgan fingerprint density at radius 3 is 2.76 bits per heavy atom. The second-order valence-corrected chi connectivity index (χ2v) is 3.82. The molecule has 7 heteroatoms. The highest BCUT2D eigenvalue weighted by molar-refractivity contribution is 6.31. The smallest absolute Gasteiger partial charge is 0.258 e. The van der Waals surface area contributed by atoms with Crippen LogP contribution in [0.5, 0.6) is 0 Å². The van der Waals surface area contributed by atoms with Gasteiger partial charge in [-0.1, -0.05) is 11.6 Å². The lowest BCUT2D eigenvalue weighted by atomic mass is 10.2. The average Bonchev–Trinajstić information content (AvgIpc) is 2.68. The number of halogens is 2. The summed E-state index contributed by atoms with van der Waals surface area (Å²) in [5.74, 6) is -0.828. The summed E-state index contributed by atoms with van der Waals surface area (Å²) >= 11 is 5.61. The Balaban J connectivity index is 2.67. The van der Waals surface area contributed by atoms with Gasteiger partial charge in [-0.25, -0.2) is 9.07 Å². The number of benzene rings is 1. The molecule has 0 aliphatic carbocycles. The topological polar surface area (TPSA) is 61.0 Å². The Labute approximate surface area is 101 Å². The Bertz CT molecular complexity index is 597. The highest BCUT2D eigenvalue weighted by Crippen LogP contribution is 2.28. The van der Waals surface area contributed by atoms with E-state index < -0.39 is 10.7 Å². The summed E-state index contributed by atoms with van der Waals surface area (Å²) in [5, 5.41) is 14.7. The maximum Gasteiger partial charge on any atom is 0.297 e. The van der Waals surface area contributed by atoms with E-state index in [-0.39, 0.29) is 16.4 Å². The molecule has 0 bridgehead atoms. The zero-order valence-corrected chi connectivity index (χ0v) is 9.48. The van der Waals surface area contributed by atoms with Gasteiger partial charge in [0.05, 0.1) is 21.7 Å². The number of aromatic nitrogens is 2. The molecule has 0 spiro atoms. The van der Waals surface area contributed by atoms with E-state index in [1.54, 1.807) is 19.2 Å². The summed E-state index contributed by atoms with van der Waals surface area (Å²) in [5.41, 5.74) is 0.448. The molecule has 0 aliphatic rings. The van der Waals surface area contributed by atoms with Gasteiger partial charge < -0.3 is 0 Å². The van der Waals surface area contributed by atoms with Gasteiger partial charge in [0.15, 0.2) is 0 Å². The van der Waals surface area contributed by atoms with Crippen LogP contribution in [0.15, 0.2) is 24.4 Å². The van der Waals surface area contributed by atoms with Gasteiger partial charge in [-0.15, -0.1) is 0 Å². The molecule has 0 unspecified atom stereocenters. The van der Waals surface area contributed by atoms with Crippen LogP contribution in [0.2, 0.25) is 5.02 Å². The maximum atomic E-state index is 13.2. The van der Waals surface area contributed by atoms with Crippen molar-refractivity contribution in [3.8, 4) is 5.69 Å². The molecule has 2 aromatic rings. The molecule has 0 radical (unpaired) electrons. The third-order valence-corrected chi connectivity index (χ3v) is 2.47. The fourth-order valence-corrected chi connectivity index (χ4v) is 1.56. The Kier molecular flexibility index (Phi) is 2.81. The first-order chi connectivity index (χ1) is 7.99. The van der Waals surface area contributed by atoms with Crippen molar-refractivity contribution in [3.63, 3.8) is 0 Å². The predicted molar refractivity (Wildman–Crippen MR) is 59.9 cm³/mol. The van der Waals surface area contributed by atoms with E-state index in [1.807, 2.05) is 0 Å². The van der Waals surface area contributed by atoms with Gasteiger partial charge in [0.25, 0.3) is 5.69 Å². The third kappa shape index (κ3) is 2.12. The highest BCUT2D eigenvalue weighted by atomic mass is 35.5.